The Kier molecular flexibility index (Phi) is 4.92. The molecule has 3 rings (SSSR count). The van der Waals surface area contributed by atoms with Gasteiger partial charge in [0.1, 0.15) is 0 Å². The number of hydrogen-bond acceptors (Lipinski definition) is 4. The topological polar surface area (TPSA) is 70.2 Å². The van der Waals surface area contributed by atoms with Crippen LogP contribution in [0, 0.1) is 0 Å². The van der Waals surface area contributed by atoms with Crippen molar-refractivity contribution >= 4 is 23.6 Å². The quantitative estimate of drug-likeness (QED) is 0.815. The molecule has 1 saturated heterocycles. The largest absolute Gasteiger partial charge is 0.450 e. The van der Waals surface area contributed by atoms with Crippen LogP contribution in [-0.2, 0) is 16.0 Å². The minimum absolute atomic E-state index is 0.0212. The summed E-state index contributed by atoms with van der Waals surface area (Å²) in [5, 5.41) is 0. The molecule has 0 unspecified atom stereocenters. The fraction of sp³-hybridized carbons (Fsp3) is 0.500. The van der Waals surface area contributed by atoms with Crippen molar-refractivity contribution in [1.82, 2.24) is 9.80 Å². The molecule has 0 N–H and O–H groups in total. The van der Waals surface area contributed by atoms with Crippen LogP contribution in [0.1, 0.15) is 29.8 Å². The number of fused-ring (bicyclic) bond motifs is 1. The van der Waals surface area contributed by atoms with Gasteiger partial charge in [-0.1, -0.05) is 0 Å². The lowest BCUT2D eigenvalue weighted by atomic mass is 10.1. The van der Waals surface area contributed by atoms with Crippen LogP contribution in [0.25, 0.3) is 0 Å². The lowest BCUT2D eigenvalue weighted by Gasteiger charge is -2.34. The van der Waals surface area contributed by atoms with Gasteiger partial charge in [0.25, 0.3) is 5.91 Å². The van der Waals surface area contributed by atoms with Crippen LogP contribution in [0.2, 0.25) is 0 Å². The predicted octanol–water partition coefficient (Wildman–Crippen LogP) is 1.51. The molecule has 25 heavy (non-hydrogen) atoms. The second-order valence-electron chi connectivity index (χ2n) is 6.24. The molecule has 0 bridgehead atoms. The van der Waals surface area contributed by atoms with E-state index >= 15 is 0 Å². The first-order valence-corrected chi connectivity index (χ1v) is 8.63. The molecule has 0 aliphatic carbocycles. The highest BCUT2D eigenvalue weighted by Crippen LogP contribution is 2.29. The summed E-state index contributed by atoms with van der Waals surface area (Å²) in [7, 11) is 0. The van der Waals surface area contributed by atoms with Crippen molar-refractivity contribution in [2.45, 2.75) is 20.3 Å². The van der Waals surface area contributed by atoms with Crippen molar-refractivity contribution < 1.29 is 19.1 Å². The van der Waals surface area contributed by atoms with E-state index in [0.29, 0.717) is 44.9 Å². The average Bonchev–Trinajstić information content (AvgIpc) is 3.05. The number of carbonyl (C=O) groups is 3. The van der Waals surface area contributed by atoms with Gasteiger partial charge in [0.15, 0.2) is 0 Å². The van der Waals surface area contributed by atoms with Crippen molar-refractivity contribution in [3.63, 3.8) is 0 Å². The van der Waals surface area contributed by atoms with E-state index in [4.69, 9.17) is 4.74 Å². The van der Waals surface area contributed by atoms with Gasteiger partial charge in [0.05, 0.1) is 6.61 Å². The maximum absolute atomic E-state index is 12.7. The van der Waals surface area contributed by atoms with Gasteiger partial charge in [-0.3, -0.25) is 9.59 Å². The smallest absolute Gasteiger partial charge is 0.409 e. The molecule has 7 nitrogen and oxygen atoms in total. The van der Waals surface area contributed by atoms with Gasteiger partial charge >= 0.3 is 6.09 Å². The van der Waals surface area contributed by atoms with Gasteiger partial charge < -0.3 is 19.4 Å². The number of ether oxygens (including phenoxy) is 1. The molecular weight excluding hydrogens is 322 g/mol. The van der Waals surface area contributed by atoms with E-state index in [1.54, 1.807) is 34.6 Å². The second-order valence-corrected chi connectivity index (χ2v) is 6.24. The molecule has 2 aliphatic rings. The van der Waals surface area contributed by atoms with E-state index in [9.17, 15) is 14.4 Å². The molecule has 7 heteroatoms. The summed E-state index contributed by atoms with van der Waals surface area (Å²) < 4.78 is 4.99. The van der Waals surface area contributed by atoms with Crippen LogP contribution in [0.5, 0.6) is 0 Å². The highest BCUT2D eigenvalue weighted by Gasteiger charge is 2.27. The lowest BCUT2D eigenvalue weighted by Crippen LogP contribution is -2.50. The molecule has 2 aliphatic heterocycles. The zero-order valence-electron chi connectivity index (χ0n) is 14.7. The van der Waals surface area contributed by atoms with E-state index in [1.807, 2.05) is 12.1 Å². The minimum atomic E-state index is -0.323. The summed E-state index contributed by atoms with van der Waals surface area (Å²) in [6, 6.07) is 5.52. The molecule has 2 heterocycles. The number of hydrogen-bond donors (Lipinski definition) is 0. The zero-order valence-corrected chi connectivity index (χ0v) is 14.7. The number of benzene rings is 1. The molecule has 1 fully saturated rings. The van der Waals surface area contributed by atoms with E-state index in [0.717, 1.165) is 17.7 Å². The summed E-state index contributed by atoms with van der Waals surface area (Å²) in [4.78, 5) is 41.2. The predicted molar refractivity (Wildman–Crippen MR) is 92.7 cm³/mol. The van der Waals surface area contributed by atoms with Crippen molar-refractivity contribution in [2.24, 2.45) is 0 Å². The van der Waals surface area contributed by atoms with Crippen LogP contribution < -0.4 is 4.90 Å². The van der Waals surface area contributed by atoms with Gasteiger partial charge in [0, 0.05) is 50.9 Å². The molecule has 1 aromatic rings. The Morgan fingerprint density at radius 3 is 2.36 bits per heavy atom. The van der Waals surface area contributed by atoms with Crippen LogP contribution in [-0.4, -0.2) is 67.0 Å². The summed E-state index contributed by atoms with van der Waals surface area (Å²) in [5.41, 5.74) is 2.57. The Labute approximate surface area is 147 Å². The van der Waals surface area contributed by atoms with Crippen molar-refractivity contribution in [3.8, 4) is 0 Å². The number of piperazine rings is 1. The number of anilines is 1. The number of nitrogens with zero attached hydrogens (tertiary/aromatic N) is 3. The maximum atomic E-state index is 12.7. The molecule has 0 radical (unpaired) electrons. The molecule has 0 aromatic heterocycles. The van der Waals surface area contributed by atoms with E-state index in [-0.39, 0.29) is 17.9 Å². The van der Waals surface area contributed by atoms with Crippen molar-refractivity contribution in [1.29, 1.82) is 0 Å². The molecule has 3 amide bonds. The van der Waals surface area contributed by atoms with E-state index in [1.165, 1.54) is 0 Å². The van der Waals surface area contributed by atoms with Gasteiger partial charge in [-0.05, 0) is 37.1 Å². The number of amides is 3. The van der Waals surface area contributed by atoms with Crippen LogP contribution in [0.4, 0.5) is 10.5 Å². The molecule has 0 spiro atoms. The average molecular weight is 345 g/mol. The third kappa shape index (κ3) is 3.45. The third-order valence-electron chi connectivity index (χ3n) is 4.69. The Morgan fingerprint density at radius 2 is 1.72 bits per heavy atom. The first kappa shape index (κ1) is 17.3. The lowest BCUT2D eigenvalue weighted by molar-refractivity contribution is -0.116. The first-order chi connectivity index (χ1) is 12.0. The molecule has 1 aromatic carbocycles. The zero-order chi connectivity index (χ0) is 18.0. The highest BCUT2D eigenvalue weighted by atomic mass is 16.6. The number of rotatable bonds is 2. The third-order valence-corrected chi connectivity index (χ3v) is 4.69. The van der Waals surface area contributed by atoms with Crippen molar-refractivity contribution in [3.05, 3.63) is 29.3 Å². The molecular formula is C18H23N3O4. The summed E-state index contributed by atoms with van der Waals surface area (Å²) in [6.45, 7) is 6.30. The minimum Gasteiger partial charge on any atom is -0.450 e. The van der Waals surface area contributed by atoms with Gasteiger partial charge in [-0.25, -0.2) is 4.79 Å². The van der Waals surface area contributed by atoms with Gasteiger partial charge in [-0.2, -0.15) is 0 Å². The Hall–Kier alpha value is -2.57. The Morgan fingerprint density at radius 1 is 1.04 bits per heavy atom. The van der Waals surface area contributed by atoms with Crippen LogP contribution in [0.3, 0.4) is 0 Å². The summed E-state index contributed by atoms with van der Waals surface area (Å²) in [5.74, 6) is -0.0134. The van der Waals surface area contributed by atoms with Crippen molar-refractivity contribution in [2.75, 3.05) is 44.2 Å². The first-order valence-electron chi connectivity index (χ1n) is 8.63. The maximum Gasteiger partial charge on any atom is 0.409 e. The van der Waals surface area contributed by atoms with Crippen LogP contribution >= 0.6 is 0 Å². The van der Waals surface area contributed by atoms with Gasteiger partial charge in [-0.15, -0.1) is 0 Å². The number of carbonyl (C=O) groups excluding carboxylic acids is 3. The highest BCUT2D eigenvalue weighted by molar-refractivity contribution is 5.98. The van der Waals surface area contributed by atoms with E-state index < -0.39 is 0 Å². The SMILES string of the molecule is CCOC(=O)N1CCN(C(=O)c2ccc3c(c2)CCN3C(C)=O)CC1. The fourth-order valence-corrected chi connectivity index (χ4v) is 3.35. The standard InChI is InChI=1S/C18H23N3O4/c1-3-25-18(24)20-10-8-19(9-11-20)17(23)15-4-5-16-14(12-15)6-7-21(16)13(2)22/h4-5,12H,3,6-11H2,1-2H3. The van der Waals surface area contributed by atoms with E-state index in [2.05, 4.69) is 0 Å². The van der Waals surface area contributed by atoms with Crippen LogP contribution in [0.15, 0.2) is 18.2 Å². The summed E-state index contributed by atoms with van der Waals surface area (Å²) >= 11 is 0. The monoisotopic (exact) mass is 345 g/mol. The molecule has 0 saturated carbocycles. The normalized spacial score (nSPS) is 16.6. The molecule has 0 atom stereocenters. The molecule has 134 valence electrons. The van der Waals surface area contributed by atoms with Gasteiger partial charge in [0.2, 0.25) is 5.91 Å². The Bertz CT molecular complexity index is 696. The summed E-state index contributed by atoms with van der Waals surface area (Å²) in [6.07, 6.45) is 0.448. The Balaban J connectivity index is 1.65. The fourth-order valence-electron chi connectivity index (χ4n) is 3.35. The second kappa shape index (κ2) is 7.13.